The summed E-state index contributed by atoms with van der Waals surface area (Å²) < 4.78 is 19.4. The minimum absolute atomic E-state index is 0.121. The Morgan fingerprint density at radius 2 is 2.22 bits per heavy atom. The average molecular weight is 272 g/mol. The van der Waals surface area contributed by atoms with E-state index in [0.717, 1.165) is 0 Å². The molecule has 4 heteroatoms. The summed E-state index contributed by atoms with van der Waals surface area (Å²) in [5.74, 6) is 0.291. The van der Waals surface area contributed by atoms with Crippen molar-refractivity contribution in [2.45, 2.75) is 31.4 Å². The van der Waals surface area contributed by atoms with Crippen molar-refractivity contribution in [3.05, 3.63) is 34.6 Å². The summed E-state index contributed by atoms with van der Waals surface area (Å²) in [6, 6.07) is 5.26. The summed E-state index contributed by atoms with van der Waals surface area (Å²) in [7, 11) is 3.61. The molecule has 100 valence electrons. The van der Waals surface area contributed by atoms with Crippen LogP contribution in [-0.2, 0) is 11.2 Å². The molecule has 0 radical (unpaired) electrons. The third kappa shape index (κ3) is 3.02. The van der Waals surface area contributed by atoms with Gasteiger partial charge in [0.25, 0.3) is 0 Å². The van der Waals surface area contributed by atoms with Gasteiger partial charge in [-0.3, -0.25) is 0 Å². The molecule has 0 amide bonds. The molecule has 0 saturated heterocycles. The van der Waals surface area contributed by atoms with E-state index < -0.39 is 0 Å². The number of halogens is 2. The third-order valence-corrected chi connectivity index (χ3v) is 3.89. The zero-order valence-electron chi connectivity index (χ0n) is 10.7. The van der Waals surface area contributed by atoms with Gasteiger partial charge < -0.3 is 10.1 Å². The Bertz CT molecular complexity index is 409. The summed E-state index contributed by atoms with van der Waals surface area (Å²) in [5.41, 5.74) is 0.643. The lowest BCUT2D eigenvalue weighted by molar-refractivity contribution is 0.0532. The van der Waals surface area contributed by atoms with E-state index in [2.05, 4.69) is 5.32 Å². The molecule has 1 fully saturated rings. The van der Waals surface area contributed by atoms with Crippen LogP contribution in [-0.4, -0.2) is 26.3 Å². The predicted octanol–water partition coefficient (Wildman–Crippen LogP) is 3.03. The fraction of sp³-hybridized carbons (Fsp3) is 0.571. The van der Waals surface area contributed by atoms with Gasteiger partial charge in [-0.05, 0) is 43.9 Å². The van der Waals surface area contributed by atoms with Gasteiger partial charge in [-0.25, -0.2) is 4.39 Å². The molecule has 2 unspecified atom stereocenters. The molecule has 1 aromatic carbocycles. The van der Waals surface area contributed by atoms with Crippen LogP contribution in [0.15, 0.2) is 18.2 Å². The minimum Gasteiger partial charge on any atom is -0.380 e. The molecular weight excluding hydrogens is 253 g/mol. The van der Waals surface area contributed by atoms with E-state index in [9.17, 15) is 4.39 Å². The van der Waals surface area contributed by atoms with Crippen LogP contribution in [0.2, 0.25) is 5.02 Å². The Labute approximate surface area is 112 Å². The van der Waals surface area contributed by atoms with Crippen LogP contribution >= 0.6 is 11.6 Å². The lowest BCUT2D eigenvalue weighted by Gasteiger charge is -2.26. The van der Waals surface area contributed by atoms with Gasteiger partial charge in [0.05, 0.1) is 11.1 Å². The van der Waals surface area contributed by atoms with E-state index in [4.69, 9.17) is 16.3 Å². The van der Waals surface area contributed by atoms with Crippen LogP contribution in [0.4, 0.5) is 4.39 Å². The van der Waals surface area contributed by atoms with Crippen molar-refractivity contribution < 1.29 is 9.13 Å². The van der Waals surface area contributed by atoms with Crippen molar-refractivity contribution in [3.8, 4) is 0 Å². The summed E-state index contributed by atoms with van der Waals surface area (Å²) >= 11 is 5.80. The average Bonchev–Trinajstić information content (AvgIpc) is 3.18. The van der Waals surface area contributed by atoms with Gasteiger partial charge in [0.15, 0.2) is 0 Å². The lowest BCUT2D eigenvalue weighted by atomic mass is 9.98. The molecule has 1 aromatic rings. The highest BCUT2D eigenvalue weighted by Gasteiger charge is 2.36. The van der Waals surface area contributed by atoms with Crippen LogP contribution < -0.4 is 5.32 Å². The SMILES string of the molecule is CNC(Cc1cccc(Cl)c1F)C(OC)C1CC1. The normalized spacial score (nSPS) is 18.7. The van der Waals surface area contributed by atoms with E-state index in [1.54, 1.807) is 25.3 Å². The number of hydrogen-bond acceptors (Lipinski definition) is 2. The Hall–Kier alpha value is -0.640. The monoisotopic (exact) mass is 271 g/mol. The van der Waals surface area contributed by atoms with Gasteiger partial charge in [0.2, 0.25) is 0 Å². The Kier molecular flexibility index (Phi) is 4.60. The maximum Gasteiger partial charge on any atom is 0.145 e. The van der Waals surface area contributed by atoms with E-state index in [-0.39, 0.29) is 23.0 Å². The second-order valence-corrected chi connectivity index (χ2v) is 5.26. The first-order valence-corrected chi connectivity index (χ1v) is 6.68. The Morgan fingerprint density at radius 1 is 1.50 bits per heavy atom. The number of ether oxygens (including phenoxy) is 1. The minimum atomic E-state index is -0.315. The van der Waals surface area contributed by atoms with Gasteiger partial charge in [-0.2, -0.15) is 0 Å². The standard InChI is InChI=1S/C14H19ClFNO/c1-17-12(14(18-2)9-6-7-9)8-10-4-3-5-11(15)13(10)16/h3-5,9,12,14,17H,6-8H2,1-2H3. The van der Waals surface area contributed by atoms with E-state index in [0.29, 0.717) is 17.9 Å². The number of rotatable bonds is 6. The molecule has 1 saturated carbocycles. The van der Waals surface area contributed by atoms with Crippen molar-refractivity contribution >= 4 is 11.6 Å². The van der Waals surface area contributed by atoms with Crippen LogP contribution in [0.3, 0.4) is 0 Å². The van der Waals surface area contributed by atoms with E-state index >= 15 is 0 Å². The molecule has 0 aromatic heterocycles. The van der Waals surface area contributed by atoms with Crippen LogP contribution in [0.5, 0.6) is 0 Å². The second kappa shape index (κ2) is 6.00. The van der Waals surface area contributed by atoms with Gasteiger partial charge in [0.1, 0.15) is 5.82 Å². The highest BCUT2D eigenvalue weighted by atomic mass is 35.5. The largest absolute Gasteiger partial charge is 0.380 e. The summed E-state index contributed by atoms with van der Waals surface area (Å²) in [6.07, 6.45) is 3.15. The molecule has 18 heavy (non-hydrogen) atoms. The summed E-state index contributed by atoms with van der Waals surface area (Å²) in [6.45, 7) is 0. The first-order chi connectivity index (χ1) is 8.67. The highest BCUT2D eigenvalue weighted by Crippen LogP contribution is 2.36. The van der Waals surface area contributed by atoms with Crippen LogP contribution in [0, 0.1) is 11.7 Å². The topological polar surface area (TPSA) is 21.3 Å². The summed E-state index contributed by atoms with van der Waals surface area (Å²) in [4.78, 5) is 0. The zero-order chi connectivity index (χ0) is 13.1. The van der Waals surface area contributed by atoms with Crippen LogP contribution in [0.25, 0.3) is 0 Å². The van der Waals surface area contributed by atoms with Crippen LogP contribution in [0.1, 0.15) is 18.4 Å². The smallest absolute Gasteiger partial charge is 0.145 e. The molecule has 0 spiro atoms. The molecule has 0 aliphatic heterocycles. The van der Waals surface area contributed by atoms with E-state index in [1.165, 1.54) is 12.8 Å². The lowest BCUT2D eigenvalue weighted by Crippen LogP contribution is -2.42. The second-order valence-electron chi connectivity index (χ2n) is 4.85. The van der Waals surface area contributed by atoms with Crippen molar-refractivity contribution in [1.29, 1.82) is 0 Å². The fourth-order valence-corrected chi connectivity index (χ4v) is 2.63. The molecule has 0 heterocycles. The summed E-state index contributed by atoms with van der Waals surface area (Å²) in [5, 5.41) is 3.42. The highest BCUT2D eigenvalue weighted by molar-refractivity contribution is 6.30. The van der Waals surface area contributed by atoms with Gasteiger partial charge in [-0.1, -0.05) is 23.7 Å². The predicted molar refractivity (Wildman–Crippen MR) is 71.5 cm³/mol. The van der Waals surface area contributed by atoms with Crippen molar-refractivity contribution in [2.75, 3.05) is 14.2 Å². The molecule has 1 aliphatic carbocycles. The molecular formula is C14H19ClFNO. The number of hydrogen-bond donors (Lipinski definition) is 1. The Balaban J connectivity index is 2.11. The molecule has 1 aliphatic rings. The Morgan fingerprint density at radius 3 is 2.78 bits per heavy atom. The number of benzene rings is 1. The van der Waals surface area contributed by atoms with Gasteiger partial charge in [0, 0.05) is 13.2 Å². The molecule has 2 atom stereocenters. The first kappa shape index (κ1) is 13.8. The molecule has 1 N–H and O–H groups in total. The number of likely N-dealkylation sites (N-methyl/N-ethyl adjacent to an activating group) is 1. The number of methoxy groups -OCH3 is 1. The molecule has 2 rings (SSSR count). The van der Waals surface area contributed by atoms with Gasteiger partial charge >= 0.3 is 0 Å². The molecule has 0 bridgehead atoms. The zero-order valence-corrected chi connectivity index (χ0v) is 11.5. The first-order valence-electron chi connectivity index (χ1n) is 6.30. The maximum atomic E-state index is 13.9. The van der Waals surface area contributed by atoms with Gasteiger partial charge in [-0.15, -0.1) is 0 Å². The fourth-order valence-electron chi connectivity index (χ4n) is 2.44. The number of nitrogens with one attached hydrogen (secondary N) is 1. The molecule has 2 nitrogen and oxygen atoms in total. The maximum absolute atomic E-state index is 13.9. The third-order valence-electron chi connectivity index (χ3n) is 3.60. The van der Waals surface area contributed by atoms with Crippen molar-refractivity contribution in [1.82, 2.24) is 5.32 Å². The quantitative estimate of drug-likeness (QED) is 0.859. The van der Waals surface area contributed by atoms with Crippen molar-refractivity contribution in [2.24, 2.45) is 5.92 Å². The van der Waals surface area contributed by atoms with Crippen molar-refractivity contribution in [3.63, 3.8) is 0 Å². The van der Waals surface area contributed by atoms with E-state index in [1.807, 2.05) is 7.05 Å².